The third-order valence-electron chi connectivity index (χ3n) is 4.72. The number of rotatable bonds is 4. The van der Waals surface area contributed by atoms with Gasteiger partial charge < -0.3 is 15.7 Å². The van der Waals surface area contributed by atoms with Gasteiger partial charge in [0.05, 0.1) is 12.6 Å². The highest BCUT2D eigenvalue weighted by Gasteiger charge is 2.37. The molecule has 3 atom stereocenters. The molecule has 1 amide bonds. The zero-order valence-corrected chi connectivity index (χ0v) is 12.7. The van der Waals surface area contributed by atoms with E-state index < -0.39 is 6.10 Å². The summed E-state index contributed by atoms with van der Waals surface area (Å²) in [5, 5.41) is 13.8. The fourth-order valence-corrected chi connectivity index (χ4v) is 3.29. The van der Waals surface area contributed by atoms with E-state index in [4.69, 9.17) is 5.73 Å². The Morgan fingerprint density at radius 3 is 2.59 bits per heavy atom. The number of carbonyl (C=O) groups excluding carboxylic acids is 1. The van der Waals surface area contributed by atoms with E-state index in [2.05, 4.69) is 15.0 Å². The molecule has 0 radical (unpaired) electrons. The van der Waals surface area contributed by atoms with Crippen LogP contribution in [0.2, 0.25) is 0 Å². The average Bonchev–Trinajstić information content (AvgIpc) is 3.16. The lowest BCUT2D eigenvalue weighted by Gasteiger charge is -2.35. The third-order valence-corrected chi connectivity index (χ3v) is 4.72. The minimum atomic E-state index is -0.530. The highest BCUT2D eigenvalue weighted by Crippen LogP contribution is 2.27. The lowest BCUT2D eigenvalue weighted by atomic mass is 10.1. The molecule has 0 aromatic carbocycles. The Morgan fingerprint density at radius 2 is 2.00 bits per heavy atom. The fourth-order valence-electron chi connectivity index (χ4n) is 3.29. The van der Waals surface area contributed by atoms with E-state index in [0.29, 0.717) is 12.8 Å². The molecule has 1 aromatic heterocycles. The number of piperazine rings is 1. The van der Waals surface area contributed by atoms with Crippen LogP contribution in [0.1, 0.15) is 12.8 Å². The Hall–Kier alpha value is -1.51. The molecule has 1 saturated heterocycles. The Kier molecular flexibility index (Phi) is 4.70. The predicted molar refractivity (Wildman–Crippen MR) is 79.7 cm³/mol. The molecule has 1 aliphatic carbocycles. The van der Waals surface area contributed by atoms with Crippen LogP contribution in [0.15, 0.2) is 12.7 Å². The van der Waals surface area contributed by atoms with Gasteiger partial charge in [0, 0.05) is 44.7 Å². The van der Waals surface area contributed by atoms with Gasteiger partial charge in [0.1, 0.15) is 12.7 Å². The molecule has 0 spiro atoms. The number of amides is 1. The smallest absolute Gasteiger partial charge is 0.225 e. The highest BCUT2D eigenvalue weighted by molar-refractivity contribution is 5.79. The molecule has 122 valence electrons. The quantitative estimate of drug-likeness (QED) is 0.704. The Morgan fingerprint density at radius 1 is 1.23 bits per heavy atom. The molecule has 2 aliphatic rings. The lowest BCUT2D eigenvalue weighted by Crippen LogP contribution is -2.50. The molecule has 8 nitrogen and oxygen atoms in total. The number of hydrogen-bond donors (Lipinski definition) is 2. The van der Waals surface area contributed by atoms with Crippen molar-refractivity contribution in [1.29, 1.82) is 0 Å². The number of carbonyl (C=O) groups is 1. The SMILES string of the molecule is N[C@@H]1C[C@H](C(=O)N2CCN(CCn3cncn3)CC2)C[C@H]1O. The molecule has 0 unspecified atom stereocenters. The maximum atomic E-state index is 12.5. The predicted octanol–water partition coefficient (Wildman–Crippen LogP) is -1.48. The molecule has 3 rings (SSSR count). The van der Waals surface area contributed by atoms with Gasteiger partial charge in [-0.05, 0) is 12.8 Å². The van der Waals surface area contributed by atoms with Crippen LogP contribution < -0.4 is 5.73 Å². The minimum Gasteiger partial charge on any atom is -0.391 e. The maximum Gasteiger partial charge on any atom is 0.225 e. The number of aromatic nitrogens is 3. The number of hydrogen-bond acceptors (Lipinski definition) is 6. The van der Waals surface area contributed by atoms with Gasteiger partial charge in [-0.1, -0.05) is 0 Å². The van der Waals surface area contributed by atoms with Crippen molar-refractivity contribution in [2.45, 2.75) is 31.5 Å². The number of aliphatic hydroxyl groups is 1. The van der Waals surface area contributed by atoms with Crippen molar-refractivity contribution in [2.24, 2.45) is 11.7 Å². The largest absolute Gasteiger partial charge is 0.391 e. The number of nitrogens with zero attached hydrogens (tertiary/aromatic N) is 5. The molecule has 8 heteroatoms. The van der Waals surface area contributed by atoms with E-state index in [9.17, 15) is 9.90 Å². The summed E-state index contributed by atoms with van der Waals surface area (Å²) in [5.41, 5.74) is 5.80. The summed E-state index contributed by atoms with van der Waals surface area (Å²) < 4.78 is 1.82. The molecule has 3 N–H and O–H groups in total. The zero-order valence-electron chi connectivity index (χ0n) is 12.7. The van der Waals surface area contributed by atoms with Crippen LogP contribution in [0, 0.1) is 5.92 Å². The van der Waals surface area contributed by atoms with E-state index in [1.165, 1.54) is 6.33 Å². The van der Waals surface area contributed by atoms with Gasteiger partial charge in [-0.2, -0.15) is 5.10 Å². The van der Waals surface area contributed by atoms with Crippen LogP contribution in [0.4, 0.5) is 0 Å². The Labute approximate surface area is 129 Å². The molecule has 2 fully saturated rings. The second-order valence-electron chi connectivity index (χ2n) is 6.23. The van der Waals surface area contributed by atoms with E-state index in [-0.39, 0.29) is 17.9 Å². The summed E-state index contributed by atoms with van der Waals surface area (Å²) in [5.74, 6) is 0.0506. The number of aliphatic hydroxyl groups excluding tert-OH is 1. The molecular weight excluding hydrogens is 284 g/mol. The van der Waals surface area contributed by atoms with Crippen molar-refractivity contribution in [3.05, 3.63) is 12.7 Å². The lowest BCUT2D eigenvalue weighted by molar-refractivity contribution is -0.137. The monoisotopic (exact) mass is 308 g/mol. The van der Waals surface area contributed by atoms with Crippen molar-refractivity contribution in [3.8, 4) is 0 Å². The molecular formula is C14H24N6O2. The second-order valence-corrected chi connectivity index (χ2v) is 6.23. The minimum absolute atomic E-state index is 0.105. The van der Waals surface area contributed by atoms with Crippen molar-refractivity contribution in [2.75, 3.05) is 32.7 Å². The van der Waals surface area contributed by atoms with Crippen molar-refractivity contribution in [3.63, 3.8) is 0 Å². The summed E-state index contributed by atoms with van der Waals surface area (Å²) in [6, 6.07) is -0.252. The first-order chi connectivity index (χ1) is 10.6. The number of nitrogens with two attached hydrogens (primary N) is 1. The second kappa shape index (κ2) is 6.72. The first-order valence-electron chi connectivity index (χ1n) is 7.90. The van der Waals surface area contributed by atoms with Crippen LogP contribution >= 0.6 is 0 Å². The first-order valence-corrected chi connectivity index (χ1v) is 7.90. The molecule has 1 aliphatic heterocycles. The van der Waals surface area contributed by atoms with Gasteiger partial charge in [0.15, 0.2) is 0 Å². The summed E-state index contributed by atoms with van der Waals surface area (Å²) in [6.45, 7) is 4.98. The van der Waals surface area contributed by atoms with Crippen LogP contribution in [0.25, 0.3) is 0 Å². The van der Waals surface area contributed by atoms with Gasteiger partial charge in [-0.15, -0.1) is 0 Å². The average molecular weight is 308 g/mol. The van der Waals surface area contributed by atoms with E-state index in [1.54, 1.807) is 6.33 Å². The van der Waals surface area contributed by atoms with Crippen LogP contribution in [0.3, 0.4) is 0 Å². The van der Waals surface area contributed by atoms with Gasteiger partial charge in [0.2, 0.25) is 5.91 Å². The van der Waals surface area contributed by atoms with E-state index >= 15 is 0 Å². The van der Waals surface area contributed by atoms with E-state index in [1.807, 2.05) is 9.58 Å². The summed E-state index contributed by atoms with van der Waals surface area (Å²) in [7, 11) is 0. The van der Waals surface area contributed by atoms with Crippen LogP contribution in [0.5, 0.6) is 0 Å². The molecule has 1 saturated carbocycles. The molecule has 22 heavy (non-hydrogen) atoms. The van der Waals surface area contributed by atoms with Crippen molar-refractivity contribution in [1.82, 2.24) is 24.6 Å². The molecule has 2 heterocycles. The summed E-state index contributed by atoms with van der Waals surface area (Å²) >= 11 is 0. The fraction of sp³-hybridized carbons (Fsp3) is 0.786. The van der Waals surface area contributed by atoms with E-state index in [0.717, 1.165) is 39.3 Å². The topological polar surface area (TPSA) is 101 Å². The Bertz CT molecular complexity index is 476. The van der Waals surface area contributed by atoms with Gasteiger partial charge in [-0.25, -0.2) is 4.98 Å². The van der Waals surface area contributed by atoms with Crippen molar-refractivity contribution < 1.29 is 9.90 Å². The van der Waals surface area contributed by atoms with Crippen LogP contribution in [-0.4, -0.2) is 80.4 Å². The Balaban J connectivity index is 1.42. The summed E-state index contributed by atoms with van der Waals surface area (Å²) in [6.07, 6.45) is 3.84. The van der Waals surface area contributed by atoms with Gasteiger partial charge in [-0.3, -0.25) is 14.4 Å². The standard InChI is InChI=1S/C14H24N6O2/c15-12-7-11(8-13(12)21)14(22)19-4-1-18(2-5-19)3-6-20-10-16-9-17-20/h9-13,21H,1-8,15H2/t11-,12+,13+/m0/s1. The normalized spacial score (nSPS) is 29.9. The van der Waals surface area contributed by atoms with Crippen molar-refractivity contribution >= 4 is 5.91 Å². The maximum absolute atomic E-state index is 12.5. The van der Waals surface area contributed by atoms with Gasteiger partial charge >= 0.3 is 0 Å². The zero-order chi connectivity index (χ0) is 15.5. The van der Waals surface area contributed by atoms with Crippen LogP contribution in [-0.2, 0) is 11.3 Å². The summed E-state index contributed by atoms with van der Waals surface area (Å²) in [4.78, 5) is 20.6. The molecule has 0 bridgehead atoms. The van der Waals surface area contributed by atoms with Gasteiger partial charge in [0.25, 0.3) is 0 Å². The third kappa shape index (κ3) is 3.45. The molecule has 1 aromatic rings. The first kappa shape index (κ1) is 15.4. The highest BCUT2D eigenvalue weighted by atomic mass is 16.3.